The number of fused-ring (bicyclic) bond motifs is 1. The van der Waals surface area contributed by atoms with Crippen LogP contribution in [0.1, 0.15) is 98.7 Å². The molecule has 0 atom stereocenters. The van der Waals surface area contributed by atoms with E-state index in [1.807, 2.05) is 37.6 Å². The van der Waals surface area contributed by atoms with E-state index in [9.17, 15) is 4.79 Å². The number of aryl methyl sites for hydroxylation is 1. The lowest BCUT2D eigenvalue weighted by Gasteiger charge is -2.44. The topological polar surface area (TPSA) is 60.7 Å². The molecule has 39 heavy (non-hydrogen) atoms. The summed E-state index contributed by atoms with van der Waals surface area (Å²) < 4.78 is 17.7. The molecule has 7 heteroatoms. The summed E-state index contributed by atoms with van der Waals surface area (Å²) in [6.07, 6.45) is 8.56. The second kappa shape index (κ2) is 10.4. The molecule has 0 radical (unpaired) electrons. The molecule has 0 aliphatic heterocycles. The molecule has 1 saturated carbocycles. The van der Waals surface area contributed by atoms with Crippen molar-refractivity contribution in [3.8, 4) is 0 Å². The lowest BCUT2D eigenvalue weighted by molar-refractivity contribution is 0.103. The standard InChI is InChI=1S/C32H39FN4OSi/c1-19(2)39(20(3)4,21(5)6)37-18-28(27-14-22(7)16-35-32(27)37)30(38)26-12-11-25(36-31(26)33)15-23-8-13-29(34-17-23)24-9-10-24/h8,11-14,16-21,24H,9-10,15H2,1-7H3. The number of carbonyl (C=O) groups is 1. The minimum absolute atomic E-state index is 0.00702. The first-order valence-electron chi connectivity index (χ1n) is 14.2. The highest BCUT2D eigenvalue weighted by atomic mass is 28.3. The van der Waals surface area contributed by atoms with Gasteiger partial charge in [0.25, 0.3) is 0 Å². The molecule has 0 amide bonds. The van der Waals surface area contributed by atoms with E-state index >= 15 is 4.39 Å². The fourth-order valence-electron chi connectivity index (χ4n) is 6.78. The van der Waals surface area contributed by atoms with E-state index in [-0.39, 0.29) is 11.3 Å². The largest absolute Gasteiger partial charge is 0.358 e. The van der Waals surface area contributed by atoms with Crippen LogP contribution in [-0.4, -0.2) is 33.2 Å². The van der Waals surface area contributed by atoms with Crippen LogP contribution in [0.5, 0.6) is 0 Å². The smallest absolute Gasteiger partial charge is 0.224 e. The van der Waals surface area contributed by atoms with E-state index < -0.39 is 14.2 Å². The Morgan fingerprint density at radius 1 is 0.974 bits per heavy atom. The lowest BCUT2D eigenvalue weighted by atomic mass is 10.0. The van der Waals surface area contributed by atoms with E-state index in [1.165, 1.54) is 12.8 Å². The van der Waals surface area contributed by atoms with Crippen molar-refractivity contribution in [3.05, 3.63) is 88.5 Å². The van der Waals surface area contributed by atoms with Crippen molar-refractivity contribution >= 4 is 25.1 Å². The maximum absolute atomic E-state index is 15.4. The monoisotopic (exact) mass is 542 g/mol. The van der Waals surface area contributed by atoms with Crippen LogP contribution in [-0.2, 0) is 6.42 Å². The summed E-state index contributed by atoms with van der Waals surface area (Å²) in [5.74, 6) is -0.488. The van der Waals surface area contributed by atoms with Crippen LogP contribution in [0.15, 0.2) is 48.9 Å². The Hall–Kier alpha value is -3.19. The molecule has 0 bridgehead atoms. The lowest BCUT2D eigenvalue weighted by Crippen LogP contribution is -2.51. The summed E-state index contributed by atoms with van der Waals surface area (Å²) in [6.45, 7) is 15.7. The Morgan fingerprint density at radius 3 is 2.23 bits per heavy atom. The second-order valence-corrected chi connectivity index (χ2v) is 17.9. The summed E-state index contributed by atoms with van der Waals surface area (Å²) in [5, 5.41) is 0.782. The molecule has 0 saturated heterocycles. The van der Waals surface area contributed by atoms with Crippen LogP contribution in [0.2, 0.25) is 16.6 Å². The van der Waals surface area contributed by atoms with Crippen LogP contribution in [0, 0.1) is 12.9 Å². The second-order valence-electron chi connectivity index (χ2n) is 12.2. The van der Waals surface area contributed by atoms with E-state index in [2.05, 4.69) is 61.8 Å². The number of carbonyl (C=O) groups excluding carboxylic acids is 1. The molecule has 0 unspecified atom stereocenters. The fourth-order valence-corrected chi connectivity index (χ4v) is 13.3. The third-order valence-electron chi connectivity index (χ3n) is 8.60. The van der Waals surface area contributed by atoms with Gasteiger partial charge in [-0.25, -0.2) is 9.97 Å². The van der Waals surface area contributed by atoms with Gasteiger partial charge in [0.1, 0.15) is 5.65 Å². The van der Waals surface area contributed by atoms with Crippen molar-refractivity contribution in [1.82, 2.24) is 19.2 Å². The quantitative estimate of drug-likeness (QED) is 0.122. The van der Waals surface area contributed by atoms with Crippen LogP contribution in [0.4, 0.5) is 4.39 Å². The van der Waals surface area contributed by atoms with E-state index in [0.717, 1.165) is 27.9 Å². The maximum Gasteiger partial charge on any atom is 0.224 e. The van der Waals surface area contributed by atoms with Gasteiger partial charge in [0.15, 0.2) is 14.0 Å². The van der Waals surface area contributed by atoms with Gasteiger partial charge in [-0.3, -0.25) is 9.78 Å². The van der Waals surface area contributed by atoms with Crippen LogP contribution in [0.25, 0.3) is 11.0 Å². The summed E-state index contributed by atoms with van der Waals surface area (Å²) >= 11 is 0. The zero-order valence-electron chi connectivity index (χ0n) is 24.1. The first-order valence-corrected chi connectivity index (χ1v) is 16.3. The number of hydrogen-bond donors (Lipinski definition) is 0. The van der Waals surface area contributed by atoms with Gasteiger partial charge in [0, 0.05) is 53.3 Å². The number of halogens is 1. The molecule has 4 heterocycles. The Balaban J connectivity index is 1.53. The Labute approximate surface area is 232 Å². The summed E-state index contributed by atoms with van der Waals surface area (Å²) in [5.41, 5.74) is 6.22. The Morgan fingerprint density at radius 2 is 1.67 bits per heavy atom. The van der Waals surface area contributed by atoms with Gasteiger partial charge in [-0.15, -0.1) is 0 Å². The number of ketones is 1. The van der Waals surface area contributed by atoms with Crippen molar-refractivity contribution in [2.75, 3.05) is 0 Å². The molecular weight excluding hydrogens is 503 g/mol. The zero-order chi connectivity index (χ0) is 28.1. The first kappa shape index (κ1) is 27.4. The molecule has 204 valence electrons. The van der Waals surface area contributed by atoms with Gasteiger partial charge >= 0.3 is 0 Å². The van der Waals surface area contributed by atoms with E-state index in [1.54, 1.807) is 12.1 Å². The van der Waals surface area contributed by atoms with Gasteiger partial charge in [-0.1, -0.05) is 47.6 Å². The number of nitrogens with zero attached hydrogens (tertiary/aromatic N) is 4. The summed E-state index contributed by atoms with van der Waals surface area (Å²) in [4.78, 5) is 27.5. The van der Waals surface area contributed by atoms with Crippen molar-refractivity contribution in [2.45, 2.75) is 90.3 Å². The minimum atomic E-state index is -2.20. The van der Waals surface area contributed by atoms with E-state index in [4.69, 9.17) is 4.98 Å². The van der Waals surface area contributed by atoms with Crippen LogP contribution < -0.4 is 0 Å². The van der Waals surface area contributed by atoms with Gasteiger partial charge in [-0.05, 0) is 71.8 Å². The maximum atomic E-state index is 15.4. The summed E-state index contributed by atoms with van der Waals surface area (Å²) in [6, 6.07) is 9.43. The zero-order valence-corrected chi connectivity index (χ0v) is 25.1. The van der Waals surface area contributed by atoms with Crippen LogP contribution >= 0.6 is 0 Å². The van der Waals surface area contributed by atoms with Crippen molar-refractivity contribution in [2.24, 2.45) is 0 Å². The van der Waals surface area contributed by atoms with Crippen molar-refractivity contribution in [3.63, 3.8) is 0 Å². The molecule has 5 nitrogen and oxygen atoms in total. The molecule has 4 aromatic rings. The molecule has 1 aliphatic carbocycles. The highest BCUT2D eigenvalue weighted by molar-refractivity contribution is 6.82. The average Bonchev–Trinajstić information content (AvgIpc) is 3.66. The van der Waals surface area contributed by atoms with Gasteiger partial charge in [-0.2, -0.15) is 4.39 Å². The van der Waals surface area contributed by atoms with Gasteiger partial charge in [0.05, 0.1) is 5.56 Å². The van der Waals surface area contributed by atoms with Crippen LogP contribution in [0.3, 0.4) is 0 Å². The number of hydrogen-bond acceptors (Lipinski definition) is 4. The highest BCUT2D eigenvalue weighted by Crippen LogP contribution is 2.45. The number of pyridine rings is 3. The molecule has 4 aromatic heterocycles. The third kappa shape index (κ3) is 4.86. The highest BCUT2D eigenvalue weighted by Gasteiger charge is 2.46. The Kier molecular flexibility index (Phi) is 7.31. The Bertz CT molecular complexity index is 1500. The number of aromatic nitrogens is 4. The normalized spacial score (nSPS) is 14.2. The van der Waals surface area contributed by atoms with Crippen molar-refractivity contribution < 1.29 is 9.18 Å². The molecular formula is C32H39FN4OSi. The van der Waals surface area contributed by atoms with Gasteiger partial charge < -0.3 is 4.23 Å². The molecule has 0 aromatic carbocycles. The predicted molar refractivity (Wildman–Crippen MR) is 158 cm³/mol. The van der Waals surface area contributed by atoms with E-state index in [0.29, 0.717) is 40.2 Å². The number of rotatable bonds is 9. The minimum Gasteiger partial charge on any atom is -0.358 e. The molecule has 0 spiro atoms. The van der Waals surface area contributed by atoms with Gasteiger partial charge in [0.2, 0.25) is 5.95 Å². The summed E-state index contributed by atoms with van der Waals surface area (Å²) in [7, 11) is -2.20. The third-order valence-corrected chi connectivity index (χ3v) is 15.3. The molecule has 0 N–H and O–H groups in total. The predicted octanol–water partition coefficient (Wildman–Crippen LogP) is 8.00. The average molecular weight is 543 g/mol. The SMILES string of the molecule is Cc1cnc2c(c1)c(C(=O)c1ccc(Cc3ccc(C4CC4)nc3)nc1F)cn2[Si](C(C)C)(C(C)C)C(C)C. The van der Waals surface area contributed by atoms with Crippen molar-refractivity contribution in [1.29, 1.82) is 0 Å². The molecule has 5 rings (SSSR count). The molecule has 1 fully saturated rings. The first-order chi connectivity index (χ1) is 18.5. The fraction of sp³-hybridized carbons (Fsp3) is 0.438. The molecule has 1 aliphatic rings.